The van der Waals surface area contributed by atoms with Gasteiger partial charge in [-0.2, -0.15) is 0 Å². The summed E-state index contributed by atoms with van der Waals surface area (Å²) in [6.45, 7) is 3.99. The molecule has 0 aliphatic carbocycles. The monoisotopic (exact) mass is 413 g/mol. The van der Waals surface area contributed by atoms with Gasteiger partial charge in [-0.1, -0.05) is 24.3 Å². The molecule has 4 aromatic rings. The molecule has 3 aromatic carbocycles. The highest BCUT2D eigenvalue weighted by Crippen LogP contribution is 2.28. The highest BCUT2D eigenvalue weighted by molar-refractivity contribution is 6.02. The zero-order chi connectivity index (χ0) is 22.0. The molecule has 0 aliphatic heterocycles. The molecule has 7 nitrogen and oxygen atoms in total. The van der Waals surface area contributed by atoms with E-state index in [0.717, 1.165) is 27.8 Å². The number of nitrogens with zero attached hydrogens (tertiary/aromatic N) is 2. The average Bonchev–Trinajstić information content (AvgIpc) is 3.17. The predicted octanol–water partition coefficient (Wildman–Crippen LogP) is 5.67. The van der Waals surface area contributed by atoms with Crippen LogP contribution in [0, 0.1) is 24.0 Å². The summed E-state index contributed by atoms with van der Waals surface area (Å²) in [6, 6.07) is 17.3. The molecule has 0 spiro atoms. The molecular weight excluding hydrogens is 394 g/mol. The van der Waals surface area contributed by atoms with Crippen LogP contribution in [0.4, 0.5) is 11.4 Å². The molecule has 0 unspecified atom stereocenters. The molecule has 0 saturated carbocycles. The fourth-order valence-electron chi connectivity index (χ4n) is 3.33. The molecule has 0 aliphatic rings. The summed E-state index contributed by atoms with van der Waals surface area (Å²) < 4.78 is 5.94. The van der Waals surface area contributed by atoms with Crippen LogP contribution >= 0.6 is 0 Å². The molecule has 0 fully saturated rings. The minimum atomic E-state index is -0.474. The number of aryl methyl sites for hydroxylation is 2. The largest absolute Gasteiger partial charge is 0.436 e. The third-order valence-corrected chi connectivity index (χ3v) is 4.71. The van der Waals surface area contributed by atoms with Crippen molar-refractivity contribution in [2.75, 3.05) is 5.32 Å². The van der Waals surface area contributed by atoms with Crippen molar-refractivity contribution in [1.29, 1.82) is 0 Å². The van der Waals surface area contributed by atoms with Crippen molar-refractivity contribution in [3.05, 3.63) is 93.5 Å². The zero-order valence-corrected chi connectivity index (χ0v) is 17.0. The number of aromatic nitrogens is 1. The van der Waals surface area contributed by atoms with Gasteiger partial charge >= 0.3 is 0 Å². The van der Waals surface area contributed by atoms with Crippen molar-refractivity contribution in [3.8, 4) is 11.5 Å². The lowest BCUT2D eigenvalue weighted by molar-refractivity contribution is -0.384. The minimum absolute atomic E-state index is 0.0287. The Bertz CT molecular complexity index is 1340. The number of anilines is 1. The van der Waals surface area contributed by atoms with Gasteiger partial charge in [0.25, 0.3) is 5.69 Å². The quantitative estimate of drug-likeness (QED) is 0.258. The van der Waals surface area contributed by atoms with E-state index in [9.17, 15) is 14.9 Å². The van der Waals surface area contributed by atoms with Crippen LogP contribution in [-0.2, 0) is 4.79 Å². The van der Waals surface area contributed by atoms with Crippen LogP contribution in [0.2, 0.25) is 0 Å². The molecule has 1 N–H and O–H groups in total. The zero-order valence-electron chi connectivity index (χ0n) is 17.0. The van der Waals surface area contributed by atoms with Crippen LogP contribution < -0.4 is 5.32 Å². The number of nitrogens with one attached hydrogen (secondary N) is 1. The number of carbonyl (C=O) groups excluding carboxylic acids is 1. The SMILES string of the molecule is Cc1cc(C)c2oc(-c3cccc(NC(=O)/C=C/c4cccc([N+](=O)[O-])c4)c3)nc2c1. The molecule has 31 heavy (non-hydrogen) atoms. The van der Waals surface area contributed by atoms with E-state index in [2.05, 4.69) is 10.3 Å². The molecule has 0 bridgehead atoms. The molecule has 0 radical (unpaired) electrons. The van der Waals surface area contributed by atoms with E-state index >= 15 is 0 Å². The van der Waals surface area contributed by atoms with Crippen LogP contribution in [0.1, 0.15) is 16.7 Å². The van der Waals surface area contributed by atoms with Gasteiger partial charge in [-0.3, -0.25) is 14.9 Å². The molecule has 154 valence electrons. The lowest BCUT2D eigenvalue weighted by atomic mass is 10.1. The van der Waals surface area contributed by atoms with Crippen LogP contribution in [0.15, 0.2) is 71.2 Å². The van der Waals surface area contributed by atoms with Gasteiger partial charge in [0.2, 0.25) is 11.8 Å². The van der Waals surface area contributed by atoms with Crippen molar-refractivity contribution < 1.29 is 14.1 Å². The summed E-state index contributed by atoms with van der Waals surface area (Å²) in [7, 11) is 0. The Labute approximate surface area is 178 Å². The van der Waals surface area contributed by atoms with E-state index in [1.807, 2.05) is 38.1 Å². The Balaban J connectivity index is 1.52. The number of nitro benzene ring substituents is 1. The van der Waals surface area contributed by atoms with E-state index in [1.54, 1.807) is 24.3 Å². The number of nitro groups is 1. The summed E-state index contributed by atoms with van der Waals surface area (Å²) in [4.78, 5) is 27.3. The van der Waals surface area contributed by atoms with Gasteiger partial charge in [0.15, 0.2) is 5.58 Å². The first kappa shape index (κ1) is 20.0. The molecule has 0 saturated heterocycles. The normalized spacial score (nSPS) is 11.2. The highest BCUT2D eigenvalue weighted by Gasteiger charge is 2.12. The second-order valence-electron chi connectivity index (χ2n) is 7.20. The standard InChI is InChI=1S/C24H19N3O4/c1-15-11-16(2)23-21(12-15)26-24(31-23)18-6-4-7-19(14-18)25-22(28)10-9-17-5-3-8-20(13-17)27(29)30/h3-14H,1-2H3,(H,25,28)/b10-9+. The number of hydrogen-bond donors (Lipinski definition) is 1. The van der Waals surface area contributed by atoms with Gasteiger partial charge in [0, 0.05) is 29.5 Å². The number of hydrogen-bond acceptors (Lipinski definition) is 5. The first-order valence-corrected chi connectivity index (χ1v) is 9.61. The third kappa shape index (κ3) is 4.51. The average molecular weight is 413 g/mol. The predicted molar refractivity (Wildman–Crippen MR) is 120 cm³/mol. The molecule has 0 atom stereocenters. The van der Waals surface area contributed by atoms with Crippen molar-refractivity contribution in [3.63, 3.8) is 0 Å². The summed E-state index contributed by atoms with van der Waals surface area (Å²) in [5.41, 5.74) is 5.53. The molecule has 7 heteroatoms. The first-order valence-electron chi connectivity index (χ1n) is 9.61. The third-order valence-electron chi connectivity index (χ3n) is 4.71. The molecule has 1 aromatic heterocycles. The number of oxazole rings is 1. The fourth-order valence-corrected chi connectivity index (χ4v) is 3.33. The fraction of sp³-hybridized carbons (Fsp3) is 0.0833. The Morgan fingerprint density at radius 2 is 1.90 bits per heavy atom. The first-order chi connectivity index (χ1) is 14.9. The van der Waals surface area contributed by atoms with Crippen molar-refractivity contribution in [1.82, 2.24) is 4.98 Å². The second kappa shape index (κ2) is 8.23. The maximum Gasteiger partial charge on any atom is 0.270 e. The Morgan fingerprint density at radius 1 is 1.10 bits per heavy atom. The van der Waals surface area contributed by atoms with Crippen molar-refractivity contribution in [2.24, 2.45) is 0 Å². The second-order valence-corrected chi connectivity index (χ2v) is 7.20. The maximum atomic E-state index is 12.3. The van der Waals surface area contributed by atoms with E-state index in [1.165, 1.54) is 24.3 Å². The summed E-state index contributed by atoms with van der Waals surface area (Å²) in [5.74, 6) is 0.125. The molecule has 1 heterocycles. The lowest BCUT2D eigenvalue weighted by Crippen LogP contribution is -2.07. The van der Waals surface area contributed by atoms with E-state index in [0.29, 0.717) is 17.1 Å². The summed E-state index contributed by atoms with van der Waals surface area (Å²) in [6.07, 6.45) is 2.86. The summed E-state index contributed by atoms with van der Waals surface area (Å²) >= 11 is 0. The van der Waals surface area contributed by atoms with Gasteiger partial charge in [0.05, 0.1) is 4.92 Å². The Hall–Kier alpha value is -4.26. The van der Waals surface area contributed by atoms with Crippen LogP contribution in [0.25, 0.3) is 28.6 Å². The molecule has 4 rings (SSSR count). The highest BCUT2D eigenvalue weighted by atomic mass is 16.6. The van der Waals surface area contributed by atoms with Gasteiger partial charge in [0.1, 0.15) is 5.52 Å². The Morgan fingerprint density at radius 3 is 2.71 bits per heavy atom. The smallest absolute Gasteiger partial charge is 0.270 e. The number of benzene rings is 3. The van der Waals surface area contributed by atoms with Gasteiger partial charge in [-0.15, -0.1) is 0 Å². The maximum absolute atomic E-state index is 12.3. The topological polar surface area (TPSA) is 98.3 Å². The lowest BCUT2D eigenvalue weighted by Gasteiger charge is -2.03. The number of amides is 1. The van der Waals surface area contributed by atoms with Crippen LogP contribution in [0.5, 0.6) is 0 Å². The van der Waals surface area contributed by atoms with Gasteiger partial charge < -0.3 is 9.73 Å². The minimum Gasteiger partial charge on any atom is -0.436 e. The van der Waals surface area contributed by atoms with Crippen molar-refractivity contribution in [2.45, 2.75) is 13.8 Å². The van der Waals surface area contributed by atoms with Crippen LogP contribution in [-0.4, -0.2) is 15.8 Å². The van der Waals surface area contributed by atoms with Crippen molar-refractivity contribution >= 4 is 34.5 Å². The molecular formula is C24H19N3O4. The van der Waals surface area contributed by atoms with E-state index < -0.39 is 4.92 Å². The van der Waals surface area contributed by atoms with Gasteiger partial charge in [-0.25, -0.2) is 4.98 Å². The Kier molecular flexibility index (Phi) is 5.32. The number of non-ortho nitro benzene ring substituents is 1. The van der Waals surface area contributed by atoms with Crippen LogP contribution in [0.3, 0.4) is 0 Å². The van der Waals surface area contributed by atoms with Gasteiger partial charge in [-0.05, 0) is 60.9 Å². The number of rotatable bonds is 5. The number of carbonyl (C=O) groups is 1. The number of fused-ring (bicyclic) bond motifs is 1. The van der Waals surface area contributed by atoms with E-state index in [-0.39, 0.29) is 11.6 Å². The van der Waals surface area contributed by atoms with E-state index in [4.69, 9.17) is 4.42 Å². The summed E-state index contributed by atoms with van der Waals surface area (Å²) in [5, 5.41) is 13.6. The molecule has 1 amide bonds.